The van der Waals surface area contributed by atoms with Crippen LogP contribution >= 0.6 is 0 Å². The number of para-hydroxylation sites is 1. The Labute approximate surface area is 200 Å². The number of benzene rings is 1. The van der Waals surface area contributed by atoms with E-state index < -0.39 is 0 Å². The van der Waals surface area contributed by atoms with Crippen LogP contribution in [0.3, 0.4) is 0 Å². The summed E-state index contributed by atoms with van der Waals surface area (Å²) in [4.78, 5) is 16.9. The van der Waals surface area contributed by atoms with Gasteiger partial charge in [0.1, 0.15) is 0 Å². The minimum atomic E-state index is -0.271. The topological polar surface area (TPSA) is 39.3 Å². The summed E-state index contributed by atoms with van der Waals surface area (Å²) in [7, 11) is 4.16. The molecule has 1 heterocycles. The minimum absolute atomic E-state index is 0.271. The van der Waals surface area contributed by atoms with Crippen molar-refractivity contribution in [3.8, 4) is 0 Å². The van der Waals surface area contributed by atoms with Crippen LogP contribution in [0, 0.1) is 0 Å². The van der Waals surface area contributed by atoms with Gasteiger partial charge in [-0.3, -0.25) is 0 Å². The van der Waals surface area contributed by atoms with Gasteiger partial charge in [-0.2, -0.15) is 0 Å². The summed E-state index contributed by atoms with van der Waals surface area (Å²) in [5, 5.41) is 4.84. The van der Waals surface area contributed by atoms with E-state index in [1.807, 2.05) is 53.3 Å². The average molecular weight is 455 g/mol. The second-order valence-electron chi connectivity index (χ2n) is 9.29. The van der Waals surface area contributed by atoms with Crippen molar-refractivity contribution in [2.75, 3.05) is 45.2 Å². The molecule has 1 aromatic carbocycles. The molecule has 0 spiro atoms. The van der Waals surface area contributed by atoms with Gasteiger partial charge in [0, 0.05) is 58.1 Å². The molecule has 33 heavy (non-hydrogen) atoms. The molecule has 1 aliphatic carbocycles. The molecule has 6 heteroatoms. The molecule has 1 aliphatic heterocycles. The number of hydrogen-bond acceptors (Lipinski definition) is 5. The molecule has 0 unspecified atom stereocenters. The molecule has 2 fully saturated rings. The van der Waals surface area contributed by atoms with Crippen molar-refractivity contribution in [1.29, 1.82) is 0 Å². The highest BCUT2D eigenvalue weighted by Gasteiger charge is 2.29. The lowest BCUT2D eigenvalue weighted by molar-refractivity contribution is -0.0718. The monoisotopic (exact) mass is 454 g/mol. The van der Waals surface area contributed by atoms with Crippen LogP contribution < -0.4 is 4.90 Å². The van der Waals surface area contributed by atoms with Crippen LogP contribution in [0.2, 0.25) is 0 Å². The van der Waals surface area contributed by atoms with Crippen molar-refractivity contribution in [3.63, 3.8) is 0 Å². The molecule has 3 rings (SSSR count). The molecule has 1 amide bonds. The third-order valence-corrected chi connectivity index (χ3v) is 6.84. The minimum Gasteiger partial charge on any atom is -0.393 e. The number of piperazine rings is 1. The standard InChI is InChI=1S/C27H42N4O2/c1-5-6-13-23(2)22-26(28(3)24-14-9-7-10-15-24)33-27(32)30-18-20-31(21-19-30)29(4)25-16-11-8-12-17-25/h7,9-10,13-15,22,25H,5-6,8,11-12,16-21H2,1-4H3/b23-13-,26-22+. The molecule has 0 atom stereocenters. The SMILES string of the molecule is CCC/C=C(C)\C=C(\OC(=O)N1CCN(N(C)C2CCCCC2)CC1)N(C)c1ccccc1. The van der Waals surface area contributed by atoms with Gasteiger partial charge in [-0.05, 0) is 43.9 Å². The highest BCUT2D eigenvalue weighted by atomic mass is 16.6. The van der Waals surface area contributed by atoms with Crippen LogP contribution in [-0.4, -0.2) is 67.3 Å². The van der Waals surface area contributed by atoms with Crippen LogP contribution in [0.5, 0.6) is 0 Å². The number of hydrogen-bond donors (Lipinski definition) is 0. The van der Waals surface area contributed by atoms with Crippen molar-refractivity contribution < 1.29 is 9.53 Å². The number of hydrazine groups is 1. The molecule has 0 radical (unpaired) electrons. The molecule has 1 saturated carbocycles. The third-order valence-electron chi connectivity index (χ3n) is 6.84. The maximum absolute atomic E-state index is 13.1. The van der Waals surface area contributed by atoms with Crippen molar-refractivity contribution in [3.05, 3.63) is 53.9 Å². The fourth-order valence-corrected chi connectivity index (χ4v) is 4.63. The number of allylic oxidation sites excluding steroid dienone is 3. The number of anilines is 1. The number of nitrogens with zero attached hydrogens (tertiary/aromatic N) is 4. The Morgan fingerprint density at radius 3 is 2.36 bits per heavy atom. The van der Waals surface area contributed by atoms with E-state index in [9.17, 15) is 4.79 Å². The first kappa shape index (κ1) is 25.3. The molecule has 6 nitrogen and oxygen atoms in total. The van der Waals surface area contributed by atoms with E-state index in [0.717, 1.165) is 37.2 Å². The Morgan fingerprint density at radius 2 is 1.73 bits per heavy atom. The van der Waals surface area contributed by atoms with Gasteiger partial charge in [-0.25, -0.2) is 14.8 Å². The zero-order chi connectivity index (χ0) is 23.6. The summed E-state index contributed by atoms with van der Waals surface area (Å²) in [6.45, 7) is 7.29. The van der Waals surface area contributed by atoms with Gasteiger partial charge in [-0.1, -0.05) is 56.9 Å². The largest absolute Gasteiger partial charge is 0.416 e. The number of ether oxygens (including phenoxy) is 1. The fourth-order valence-electron chi connectivity index (χ4n) is 4.63. The third kappa shape index (κ3) is 7.34. The quantitative estimate of drug-likeness (QED) is 0.375. The van der Waals surface area contributed by atoms with Crippen LogP contribution in [-0.2, 0) is 4.74 Å². The van der Waals surface area contributed by atoms with E-state index in [4.69, 9.17) is 4.74 Å². The van der Waals surface area contributed by atoms with Crippen molar-refractivity contribution in [1.82, 2.24) is 14.9 Å². The Balaban J connectivity index is 1.62. The van der Waals surface area contributed by atoms with E-state index in [0.29, 0.717) is 25.0 Å². The number of carbonyl (C=O) groups is 1. The van der Waals surface area contributed by atoms with Gasteiger partial charge < -0.3 is 14.5 Å². The van der Waals surface area contributed by atoms with Crippen LogP contribution in [0.1, 0.15) is 58.8 Å². The van der Waals surface area contributed by atoms with Crippen molar-refractivity contribution in [2.45, 2.75) is 64.8 Å². The summed E-state index contributed by atoms with van der Waals surface area (Å²) < 4.78 is 5.97. The first-order valence-electron chi connectivity index (χ1n) is 12.6. The maximum atomic E-state index is 13.1. The van der Waals surface area contributed by atoms with Gasteiger partial charge >= 0.3 is 6.09 Å². The van der Waals surface area contributed by atoms with Gasteiger partial charge in [0.2, 0.25) is 5.88 Å². The molecular formula is C27H42N4O2. The summed E-state index contributed by atoms with van der Waals surface area (Å²) in [6, 6.07) is 10.7. The first-order valence-corrected chi connectivity index (χ1v) is 12.6. The number of amides is 1. The molecule has 0 bridgehead atoms. The lowest BCUT2D eigenvalue weighted by Crippen LogP contribution is -2.56. The zero-order valence-electron chi connectivity index (χ0n) is 21.0. The highest BCUT2D eigenvalue weighted by Crippen LogP contribution is 2.24. The van der Waals surface area contributed by atoms with E-state index >= 15 is 0 Å². The lowest BCUT2D eigenvalue weighted by atomic mass is 9.95. The summed E-state index contributed by atoms with van der Waals surface area (Å²) >= 11 is 0. The summed E-state index contributed by atoms with van der Waals surface area (Å²) in [5.41, 5.74) is 2.08. The fraction of sp³-hybridized carbons (Fsp3) is 0.593. The van der Waals surface area contributed by atoms with Crippen LogP contribution in [0.4, 0.5) is 10.5 Å². The average Bonchev–Trinajstić information content (AvgIpc) is 2.87. The smallest absolute Gasteiger partial charge is 0.393 e. The van der Waals surface area contributed by atoms with Crippen LogP contribution in [0.15, 0.2) is 53.9 Å². The molecule has 0 N–H and O–H groups in total. The Morgan fingerprint density at radius 1 is 1.06 bits per heavy atom. The number of rotatable bonds is 8. The van der Waals surface area contributed by atoms with Gasteiger partial charge in [0.25, 0.3) is 0 Å². The first-order chi connectivity index (χ1) is 16.0. The molecule has 1 aromatic rings. The van der Waals surface area contributed by atoms with Gasteiger partial charge in [0.05, 0.1) is 0 Å². The Hall–Kier alpha value is -2.31. The zero-order valence-corrected chi connectivity index (χ0v) is 21.0. The molecular weight excluding hydrogens is 412 g/mol. The second-order valence-corrected chi connectivity index (χ2v) is 9.29. The molecule has 2 aliphatic rings. The predicted octanol–water partition coefficient (Wildman–Crippen LogP) is 5.64. The Kier molecular flexibility index (Phi) is 9.82. The molecule has 0 aromatic heterocycles. The normalized spacial score (nSPS) is 19.1. The second kappa shape index (κ2) is 12.8. The Bertz CT molecular complexity index is 794. The molecule has 182 valence electrons. The van der Waals surface area contributed by atoms with E-state index in [-0.39, 0.29) is 6.09 Å². The van der Waals surface area contributed by atoms with E-state index in [1.54, 1.807) is 0 Å². The number of unbranched alkanes of at least 4 members (excludes halogenated alkanes) is 1. The number of carbonyl (C=O) groups excluding carboxylic acids is 1. The van der Waals surface area contributed by atoms with Crippen LogP contribution in [0.25, 0.3) is 0 Å². The van der Waals surface area contributed by atoms with Crippen molar-refractivity contribution in [2.24, 2.45) is 0 Å². The highest BCUT2D eigenvalue weighted by molar-refractivity contribution is 5.70. The van der Waals surface area contributed by atoms with E-state index in [2.05, 4.69) is 37.0 Å². The van der Waals surface area contributed by atoms with Crippen molar-refractivity contribution >= 4 is 11.8 Å². The van der Waals surface area contributed by atoms with Gasteiger partial charge in [-0.15, -0.1) is 0 Å². The molecule has 1 saturated heterocycles. The van der Waals surface area contributed by atoms with E-state index in [1.165, 1.54) is 32.1 Å². The maximum Gasteiger partial charge on any atom is 0.416 e. The summed E-state index contributed by atoms with van der Waals surface area (Å²) in [5.74, 6) is 0.554. The summed E-state index contributed by atoms with van der Waals surface area (Å²) in [6.07, 6.45) is 12.6. The van der Waals surface area contributed by atoms with Gasteiger partial charge in [0.15, 0.2) is 0 Å². The lowest BCUT2D eigenvalue weighted by Gasteiger charge is -2.43. The predicted molar refractivity (Wildman–Crippen MR) is 136 cm³/mol.